The molecular weight excluding hydrogens is 547 g/mol. The summed E-state index contributed by atoms with van der Waals surface area (Å²) in [5.74, 6) is -0.341. The number of hydrogen-bond donors (Lipinski definition) is 0. The molecule has 1 aliphatic rings. The third kappa shape index (κ3) is 4.93. The van der Waals surface area contributed by atoms with E-state index < -0.39 is 0 Å². The van der Waals surface area contributed by atoms with Gasteiger partial charge in [-0.2, -0.15) is 5.10 Å². The van der Waals surface area contributed by atoms with Crippen LogP contribution in [0.1, 0.15) is 36.7 Å². The fraction of sp³-hybridized carbons (Fsp3) is 0.233. The van der Waals surface area contributed by atoms with E-state index in [4.69, 9.17) is 9.84 Å². The number of pyridine rings is 2. The number of aryl methyl sites for hydroxylation is 1. The molecule has 6 rings (SSSR count). The van der Waals surface area contributed by atoms with E-state index in [1.165, 1.54) is 12.1 Å². The van der Waals surface area contributed by atoms with Crippen LogP contribution in [0.4, 0.5) is 4.39 Å². The Morgan fingerprint density at radius 3 is 2.66 bits per heavy atom. The molecule has 0 saturated carbocycles. The number of nitrogens with zero attached hydrogens (tertiary/aromatic N) is 4. The molecule has 0 aliphatic carbocycles. The average Bonchev–Trinajstić information content (AvgIpc) is 3.29. The van der Waals surface area contributed by atoms with Crippen molar-refractivity contribution in [3.05, 3.63) is 105 Å². The Balaban J connectivity index is 1.41. The maximum atomic E-state index is 13.8. The number of benzene rings is 2. The van der Waals surface area contributed by atoms with E-state index in [2.05, 4.69) is 33.0 Å². The highest BCUT2D eigenvalue weighted by molar-refractivity contribution is 9.10. The fourth-order valence-electron chi connectivity index (χ4n) is 5.08. The first-order valence-corrected chi connectivity index (χ1v) is 13.5. The molecule has 192 valence electrons. The van der Waals surface area contributed by atoms with Gasteiger partial charge in [0.25, 0.3) is 5.56 Å². The molecule has 2 aromatic carbocycles. The minimum absolute atomic E-state index is 0.0967. The van der Waals surface area contributed by atoms with Gasteiger partial charge in [0, 0.05) is 46.2 Å². The minimum Gasteiger partial charge on any atom is -0.356 e. The van der Waals surface area contributed by atoms with E-state index in [1.807, 2.05) is 41.9 Å². The molecule has 0 N–H and O–H groups in total. The van der Waals surface area contributed by atoms with Crippen LogP contribution in [0.2, 0.25) is 0 Å². The van der Waals surface area contributed by atoms with Crippen LogP contribution in [0.5, 0.6) is 0 Å². The van der Waals surface area contributed by atoms with Crippen LogP contribution in [0.3, 0.4) is 0 Å². The molecule has 1 saturated heterocycles. The average molecular weight is 573 g/mol. The van der Waals surface area contributed by atoms with E-state index in [9.17, 15) is 9.18 Å². The number of halogens is 2. The summed E-state index contributed by atoms with van der Waals surface area (Å²) in [7, 11) is 0. The quantitative estimate of drug-likeness (QED) is 0.230. The second-order valence-corrected chi connectivity index (χ2v) is 10.6. The molecule has 5 aromatic rings. The van der Waals surface area contributed by atoms with E-state index in [0.717, 1.165) is 64.9 Å². The van der Waals surface area contributed by atoms with Gasteiger partial charge in [-0.05, 0) is 91.4 Å². The van der Waals surface area contributed by atoms with Gasteiger partial charge in [0.2, 0.25) is 0 Å². The molecule has 1 unspecified atom stereocenters. The lowest BCUT2D eigenvalue weighted by Gasteiger charge is -2.23. The van der Waals surface area contributed by atoms with Crippen molar-refractivity contribution < 1.29 is 9.13 Å². The van der Waals surface area contributed by atoms with Crippen molar-refractivity contribution in [2.75, 3.05) is 6.61 Å². The molecule has 0 amide bonds. The van der Waals surface area contributed by atoms with Crippen molar-refractivity contribution in [1.82, 2.24) is 19.3 Å². The van der Waals surface area contributed by atoms with Crippen molar-refractivity contribution in [2.45, 2.75) is 39.0 Å². The highest BCUT2D eigenvalue weighted by Gasteiger charge is 2.22. The van der Waals surface area contributed by atoms with Crippen molar-refractivity contribution >= 4 is 26.8 Å². The molecule has 0 radical (unpaired) electrons. The summed E-state index contributed by atoms with van der Waals surface area (Å²) in [5, 5.41) is 6.01. The lowest BCUT2D eigenvalue weighted by Crippen LogP contribution is -2.19. The third-order valence-corrected chi connectivity index (χ3v) is 7.37. The first kappa shape index (κ1) is 24.7. The van der Waals surface area contributed by atoms with Gasteiger partial charge >= 0.3 is 0 Å². The van der Waals surface area contributed by atoms with Crippen LogP contribution in [0.25, 0.3) is 33.3 Å². The monoisotopic (exact) mass is 572 g/mol. The minimum atomic E-state index is -0.341. The fourth-order valence-corrected chi connectivity index (χ4v) is 5.59. The summed E-state index contributed by atoms with van der Waals surface area (Å²) < 4.78 is 24.1. The molecule has 0 spiro atoms. The zero-order valence-corrected chi connectivity index (χ0v) is 22.5. The predicted molar refractivity (Wildman–Crippen MR) is 149 cm³/mol. The number of aromatic nitrogens is 4. The highest BCUT2D eigenvalue weighted by Crippen LogP contribution is 2.35. The molecule has 38 heavy (non-hydrogen) atoms. The summed E-state index contributed by atoms with van der Waals surface area (Å²) in [5.41, 5.74) is 6.07. The van der Waals surface area contributed by atoms with Crippen molar-refractivity contribution in [3.8, 4) is 22.4 Å². The summed E-state index contributed by atoms with van der Waals surface area (Å²) in [6.07, 6.45) is 6.56. The zero-order valence-electron chi connectivity index (χ0n) is 20.9. The van der Waals surface area contributed by atoms with Crippen LogP contribution < -0.4 is 5.56 Å². The van der Waals surface area contributed by atoms with Crippen molar-refractivity contribution in [2.24, 2.45) is 0 Å². The van der Waals surface area contributed by atoms with Crippen molar-refractivity contribution in [1.29, 1.82) is 0 Å². The molecule has 1 aliphatic heterocycles. The summed E-state index contributed by atoms with van der Waals surface area (Å²) in [4.78, 5) is 17.4. The molecule has 8 heteroatoms. The number of hydrogen-bond acceptors (Lipinski definition) is 4. The topological polar surface area (TPSA) is 61.9 Å². The molecule has 1 fully saturated rings. The second kappa shape index (κ2) is 10.3. The van der Waals surface area contributed by atoms with Crippen LogP contribution >= 0.6 is 15.9 Å². The second-order valence-electron chi connectivity index (χ2n) is 9.69. The Hall–Kier alpha value is -3.62. The van der Waals surface area contributed by atoms with E-state index in [1.54, 1.807) is 23.0 Å². The van der Waals surface area contributed by atoms with Gasteiger partial charge in [-0.15, -0.1) is 0 Å². The summed E-state index contributed by atoms with van der Waals surface area (Å²) >= 11 is 3.31. The first-order chi connectivity index (χ1) is 18.4. The van der Waals surface area contributed by atoms with Gasteiger partial charge in [-0.1, -0.05) is 22.0 Å². The van der Waals surface area contributed by atoms with Gasteiger partial charge < -0.3 is 9.30 Å². The number of fused-ring (bicyclic) bond motifs is 1. The number of ether oxygens (including phenoxy) is 1. The Morgan fingerprint density at radius 1 is 1.03 bits per heavy atom. The van der Waals surface area contributed by atoms with Crippen LogP contribution in [-0.2, 0) is 11.3 Å². The molecule has 6 nitrogen and oxygen atoms in total. The van der Waals surface area contributed by atoms with E-state index in [0.29, 0.717) is 10.0 Å². The van der Waals surface area contributed by atoms with Crippen LogP contribution in [-0.4, -0.2) is 25.9 Å². The molecule has 3 aromatic heterocycles. The summed E-state index contributed by atoms with van der Waals surface area (Å²) in [6, 6.07) is 18.4. The Morgan fingerprint density at radius 2 is 1.89 bits per heavy atom. The van der Waals surface area contributed by atoms with Gasteiger partial charge in [-0.3, -0.25) is 9.78 Å². The standard InChI is InChI=1S/C30H26BrFN4O2/c1-19-12-23(7-9-33-19)30-26-15-21(5-6-27(26)36(34-30)29-4-2-3-11-38-29)22-8-10-35(28(37)16-22)18-20-13-24(31)17-25(32)14-20/h5-10,12-17,29H,2-4,11,18H2,1H3. The largest absolute Gasteiger partial charge is 0.356 e. The molecular formula is C30H26BrFN4O2. The molecule has 4 heterocycles. The van der Waals surface area contributed by atoms with Crippen molar-refractivity contribution in [3.63, 3.8) is 0 Å². The highest BCUT2D eigenvalue weighted by atomic mass is 79.9. The van der Waals surface area contributed by atoms with E-state index >= 15 is 0 Å². The smallest absolute Gasteiger partial charge is 0.251 e. The van der Waals surface area contributed by atoms with Crippen LogP contribution in [0.15, 0.2) is 82.3 Å². The Bertz CT molecular complexity index is 1680. The SMILES string of the molecule is Cc1cc(-c2nn(C3CCCCO3)c3ccc(-c4ccn(Cc5cc(F)cc(Br)c5)c(=O)c4)cc23)ccn1. The van der Waals surface area contributed by atoms with Gasteiger partial charge in [0.15, 0.2) is 6.23 Å². The predicted octanol–water partition coefficient (Wildman–Crippen LogP) is 6.88. The molecule has 0 bridgehead atoms. The first-order valence-electron chi connectivity index (χ1n) is 12.7. The molecule has 1 atom stereocenters. The maximum absolute atomic E-state index is 13.8. The Kier molecular flexibility index (Phi) is 6.68. The number of rotatable bonds is 5. The lowest BCUT2D eigenvalue weighted by molar-refractivity contribution is -0.0365. The maximum Gasteiger partial charge on any atom is 0.251 e. The summed E-state index contributed by atoms with van der Waals surface area (Å²) in [6.45, 7) is 2.99. The van der Waals surface area contributed by atoms with E-state index in [-0.39, 0.29) is 24.1 Å². The van der Waals surface area contributed by atoms with Gasteiger partial charge in [0.05, 0.1) is 12.1 Å². The Labute approximate surface area is 227 Å². The normalized spacial score (nSPS) is 15.7. The lowest BCUT2D eigenvalue weighted by atomic mass is 10.0. The van der Waals surface area contributed by atoms with Crippen LogP contribution in [0, 0.1) is 12.7 Å². The van der Waals surface area contributed by atoms with Gasteiger partial charge in [0.1, 0.15) is 11.5 Å². The van der Waals surface area contributed by atoms with Gasteiger partial charge in [-0.25, -0.2) is 9.07 Å². The zero-order chi connectivity index (χ0) is 26.2. The third-order valence-electron chi connectivity index (χ3n) is 6.91.